The average Bonchev–Trinajstić information content (AvgIpc) is 2.28. The normalized spacial score (nSPS) is 12.8. The molecule has 1 atom stereocenters. The first-order valence-corrected chi connectivity index (χ1v) is 7.01. The Morgan fingerprint density at radius 3 is 2.53 bits per heavy atom. The minimum absolute atomic E-state index is 0.455. The minimum atomic E-state index is 0.455. The fraction of sp³-hybridized carbons (Fsp3) is 0.667. The fourth-order valence-electron chi connectivity index (χ4n) is 2.50. The summed E-state index contributed by atoms with van der Waals surface area (Å²) in [5.41, 5.74) is 2.37. The van der Waals surface area contributed by atoms with E-state index >= 15 is 0 Å². The molecule has 19 heavy (non-hydrogen) atoms. The number of aryl methyl sites for hydroxylation is 1. The van der Waals surface area contributed by atoms with Gasteiger partial charge in [-0.2, -0.15) is 0 Å². The molecule has 108 valence electrons. The van der Waals surface area contributed by atoms with Gasteiger partial charge in [-0.3, -0.25) is 0 Å². The first kappa shape index (κ1) is 15.9. The predicted molar refractivity (Wildman–Crippen MR) is 82.8 cm³/mol. The molecule has 4 heteroatoms. The average molecular weight is 264 g/mol. The highest BCUT2D eigenvalue weighted by atomic mass is 15.2. The molecular weight excluding hydrogens is 236 g/mol. The third kappa shape index (κ3) is 4.80. The topological polar surface area (TPSA) is 31.4 Å². The SMILES string of the molecule is CCN(c1cc(CNC)cc(C)n1)C(C)CN(C)C. The third-order valence-electron chi connectivity index (χ3n) is 3.18. The van der Waals surface area contributed by atoms with Gasteiger partial charge in [0.2, 0.25) is 0 Å². The minimum Gasteiger partial charge on any atom is -0.353 e. The maximum atomic E-state index is 4.70. The zero-order valence-electron chi connectivity index (χ0n) is 13.2. The second-order valence-corrected chi connectivity index (χ2v) is 5.40. The maximum Gasteiger partial charge on any atom is 0.129 e. The predicted octanol–water partition coefficient (Wildman–Crippen LogP) is 1.89. The van der Waals surface area contributed by atoms with Crippen molar-refractivity contribution >= 4 is 5.82 Å². The van der Waals surface area contributed by atoms with Crippen molar-refractivity contribution in [2.24, 2.45) is 0 Å². The summed E-state index contributed by atoms with van der Waals surface area (Å²) in [4.78, 5) is 9.28. The van der Waals surface area contributed by atoms with Gasteiger partial charge in [0.05, 0.1) is 0 Å². The van der Waals surface area contributed by atoms with Crippen LogP contribution in [0.1, 0.15) is 25.1 Å². The van der Waals surface area contributed by atoms with Gasteiger partial charge in [-0.25, -0.2) is 4.98 Å². The molecule has 1 rings (SSSR count). The molecule has 0 spiro atoms. The number of hydrogen-bond acceptors (Lipinski definition) is 4. The number of rotatable bonds is 7. The van der Waals surface area contributed by atoms with Gasteiger partial charge in [0, 0.05) is 31.4 Å². The number of likely N-dealkylation sites (N-methyl/N-ethyl adjacent to an activating group) is 2. The summed E-state index contributed by atoms with van der Waals surface area (Å²) in [6.45, 7) is 9.40. The summed E-state index contributed by atoms with van der Waals surface area (Å²) in [5, 5.41) is 3.20. The molecule has 0 fully saturated rings. The number of aromatic nitrogens is 1. The van der Waals surface area contributed by atoms with E-state index in [9.17, 15) is 0 Å². The lowest BCUT2D eigenvalue weighted by atomic mass is 10.2. The van der Waals surface area contributed by atoms with Crippen molar-refractivity contribution in [1.29, 1.82) is 0 Å². The van der Waals surface area contributed by atoms with Crippen LogP contribution >= 0.6 is 0 Å². The van der Waals surface area contributed by atoms with E-state index in [0.29, 0.717) is 6.04 Å². The molecule has 1 heterocycles. The van der Waals surface area contributed by atoms with Gasteiger partial charge in [-0.15, -0.1) is 0 Å². The lowest BCUT2D eigenvalue weighted by Gasteiger charge is -2.31. The summed E-state index contributed by atoms with van der Waals surface area (Å²) in [6.07, 6.45) is 0. The van der Waals surface area contributed by atoms with Crippen LogP contribution in [-0.2, 0) is 6.54 Å². The monoisotopic (exact) mass is 264 g/mol. The first-order valence-electron chi connectivity index (χ1n) is 7.01. The van der Waals surface area contributed by atoms with Crippen LogP contribution in [0.3, 0.4) is 0 Å². The summed E-state index contributed by atoms with van der Waals surface area (Å²) in [6, 6.07) is 4.79. The van der Waals surface area contributed by atoms with Gasteiger partial charge < -0.3 is 15.1 Å². The van der Waals surface area contributed by atoms with E-state index in [2.05, 4.69) is 62.1 Å². The van der Waals surface area contributed by atoms with Gasteiger partial charge in [0.25, 0.3) is 0 Å². The smallest absolute Gasteiger partial charge is 0.129 e. The molecule has 0 aliphatic rings. The van der Waals surface area contributed by atoms with E-state index in [-0.39, 0.29) is 0 Å². The van der Waals surface area contributed by atoms with E-state index in [4.69, 9.17) is 4.98 Å². The van der Waals surface area contributed by atoms with Crippen molar-refractivity contribution < 1.29 is 0 Å². The van der Waals surface area contributed by atoms with Crippen LogP contribution in [0.25, 0.3) is 0 Å². The van der Waals surface area contributed by atoms with Gasteiger partial charge in [0.15, 0.2) is 0 Å². The lowest BCUT2D eigenvalue weighted by Crippen LogP contribution is -2.40. The third-order valence-corrected chi connectivity index (χ3v) is 3.18. The zero-order valence-corrected chi connectivity index (χ0v) is 13.2. The molecule has 0 amide bonds. The molecule has 0 saturated carbocycles. The molecular formula is C15H28N4. The van der Waals surface area contributed by atoms with Crippen molar-refractivity contribution in [3.63, 3.8) is 0 Å². The molecule has 0 aromatic carbocycles. The van der Waals surface area contributed by atoms with Crippen LogP contribution in [0.4, 0.5) is 5.82 Å². The Morgan fingerprint density at radius 1 is 1.32 bits per heavy atom. The van der Waals surface area contributed by atoms with Crippen molar-refractivity contribution in [2.75, 3.05) is 39.1 Å². The molecule has 0 saturated heterocycles. The molecule has 0 aliphatic heterocycles. The molecule has 1 N–H and O–H groups in total. The highest BCUT2D eigenvalue weighted by molar-refractivity contribution is 5.43. The second kappa shape index (κ2) is 7.46. The molecule has 0 bridgehead atoms. The fourth-order valence-corrected chi connectivity index (χ4v) is 2.50. The Labute approximate surface area is 117 Å². The number of pyridine rings is 1. The van der Waals surface area contributed by atoms with Gasteiger partial charge in [0.1, 0.15) is 5.82 Å². The van der Waals surface area contributed by atoms with E-state index in [1.807, 2.05) is 7.05 Å². The second-order valence-electron chi connectivity index (χ2n) is 5.40. The summed E-state index contributed by atoms with van der Waals surface area (Å²) in [5.74, 6) is 1.09. The highest BCUT2D eigenvalue weighted by Crippen LogP contribution is 2.17. The number of anilines is 1. The number of nitrogens with one attached hydrogen (secondary N) is 1. The molecule has 4 nitrogen and oxygen atoms in total. The van der Waals surface area contributed by atoms with Crippen LogP contribution in [0.15, 0.2) is 12.1 Å². The van der Waals surface area contributed by atoms with Crippen molar-refractivity contribution in [1.82, 2.24) is 15.2 Å². The van der Waals surface area contributed by atoms with Crippen LogP contribution in [-0.4, -0.2) is 50.2 Å². The molecule has 1 aromatic heterocycles. The molecule has 0 aliphatic carbocycles. The van der Waals surface area contributed by atoms with Crippen LogP contribution in [0, 0.1) is 6.92 Å². The van der Waals surface area contributed by atoms with Crippen LogP contribution in [0.2, 0.25) is 0 Å². The number of nitrogens with zero attached hydrogens (tertiary/aromatic N) is 3. The first-order chi connectivity index (χ1) is 8.97. The largest absolute Gasteiger partial charge is 0.353 e. The Hall–Kier alpha value is -1.13. The quantitative estimate of drug-likeness (QED) is 0.815. The van der Waals surface area contributed by atoms with E-state index in [1.54, 1.807) is 0 Å². The summed E-state index contributed by atoms with van der Waals surface area (Å²) >= 11 is 0. The summed E-state index contributed by atoms with van der Waals surface area (Å²) < 4.78 is 0. The summed E-state index contributed by atoms with van der Waals surface area (Å²) in [7, 11) is 6.20. The highest BCUT2D eigenvalue weighted by Gasteiger charge is 2.15. The van der Waals surface area contributed by atoms with E-state index in [0.717, 1.165) is 31.1 Å². The molecule has 1 aromatic rings. The van der Waals surface area contributed by atoms with Crippen LogP contribution in [0.5, 0.6) is 0 Å². The van der Waals surface area contributed by atoms with Gasteiger partial charge >= 0.3 is 0 Å². The Kier molecular flexibility index (Phi) is 6.25. The number of hydrogen-bond donors (Lipinski definition) is 1. The Morgan fingerprint density at radius 2 is 2.00 bits per heavy atom. The standard InChI is InChI=1S/C15H28N4/c1-7-19(13(3)11-18(5)6)15-9-14(10-16-4)8-12(2)17-15/h8-9,13,16H,7,10-11H2,1-6H3. The van der Waals surface area contributed by atoms with E-state index in [1.165, 1.54) is 5.56 Å². The van der Waals surface area contributed by atoms with Crippen molar-refractivity contribution in [2.45, 2.75) is 33.4 Å². The van der Waals surface area contributed by atoms with Gasteiger partial charge in [-0.1, -0.05) is 0 Å². The molecule has 0 radical (unpaired) electrons. The zero-order chi connectivity index (χ0) is 14.4. The van der Waals surface area contributed by atoms with Crippen molar-refractivity contribution in [3.05, 3.63) is 23.4 Å². The molecule has 1 unspecified atom stereocenters. The van der Waals surface area contributed by atoms with E-state index < -0.39 is 0 Å². The maximum absolute atomic E-state index is 4.70. The van der Waals surface area contributed by atoms with Crippen molar-refractivity contribution in [3.8, 4) is 0 Å². The lowest BCUT2D eigenvalue weighted by molar-refractivity contribution is 0.372. The van der Waals surface area contributed by atoms with Gasteiger partial charge in [-0.05, 0) is 59.6 Å². The Bertz CT molecular complexity index is 390. The van der Waals surface area contributed by atoms with Crippen LogP contribution < -0.4 is 10.2 Å². The Balaban J connectivity index is 2.96.